The third-order valence-electron chi connectivity index (χ3n) is 3.76. The van der Waals surface area contributed by atoms with Gasteiger partial charge in [0.05, 0.1) is 17.8 Å². The molecule has 31 heavy (non-hydrogen) atoms. The van der Waals surface area contributed by atoms with E-state index in [0.717, 1.165) is 24.3 Å². The van der Waals surface area contributed by atoms with E-state index >= 15 is 0 Å². The normalized spacial score (nSPS) is 11.8. The molecule has 13 heteroatoms. The minimum absolute atomic E-state index is 0.00352. The summed E-state index contributed by atoms with van der Waals surface area (Å²) < 4.78 is 101. The van der Waals surface area contributed by atoms with Gasteiger partial charge >= 0.3 is 19.4 Å². The van der Waals surface area contributed by atoms with E-state index < -0.39 is 36.5 Å². The molecule has 1 aromatic heterocycles. The van der Waals surface area contributed by atoms with Crippen molar-refractivity contribution >= 4 is 5.69 Å². The first-order valence-electron chi connectivity index (χ1n) is 8.39. The second kappa shape index (κ2) is 9.10. The van der Waals surface area contributed by atoms with Gasteiger partial charge in [0.15, 0.2) is 5.75 Å². The van der Waals surface area contributed by atoms with Gasteiger partial charge in [0.2, 0.25) is 11.7 Å². The molecule has 0 atom stereocenters. The van der Waals surface area contributed by atoms with Gasteiger partial charge in [-0.3, -0.25) is 0 Å². The largest absolute Gasteiger partial charge is 0.435 e. The molecule has 0 fully saturated rings. The molecule has 2 aromatic carbocycles. The highest BCUT2D eigenvalue weighted by atomic mass is 19.4. The zero-order chi connectivity index (χ0) is 22.6. The summed E-state index contributed by atoms with van der Waals surface area (Å²) in [6.07, 6.45) is -4.49. The fraction of sp³-hybridized carbons (Fsp3) is 0.222. The molecule has 0 spiro atoms. The number of benzene rings is 2. The van der Waals surface area contributed by atoms with Gasteiger partial charge in [0, 0.05) is 11.6 Å². The molecule has 0 radical (unpaired) electrons. The van der Waals surface area contributed by atoms with Gasteiger partial charge in [0.25, 0.3) is 0 Å². The van der Waals surface area contributed by atoms with Gasteiger partial charge in [-0.2, -0.15) is 35.7 Å². The molecule has 3 aromatic rings. The first kappa shape index (κ1) is 22.2. The van der Waals surface area contributed by atoms with Crippen LogP contribution in [0.1, 0.15) is 11.5 Å². The number of anilines is 1. The minimum atomic E-state index is -4.49. The number of nitrogens with zero attached hydrogens (tertiary/aromatic N) is 2. The lowest BCUT2D eigenvalue weighted by atomic mass is 10.1. The first-order valence-corrected chi connectivity index (χ1v) is 8.39. The molecule has 0 saturated carbocycles. The fourth-order valence-electron chi connectivity index (χ4n) is 2.44. The van der Waals surface area contributed by atoms with Crippen LogP contribution in [0.3, 0.4) is 0 Å². The molecule has 0 aliphatic heterocycles. The summed E-state index contributed by atoms with van der Waals surface area (Å²) >= 11 is 0. The van der Waals surface area contributed by atoms with Gasteiger partial charge in [-0.15, -0.1) is 0 Å². The van der Waals surface area contributed by atoms with Crippen molar-refractivity contribution in [2.45, 2.75) is 25.9 Å². The SMILES string of the molecule is FC(F)Oc1ccc(NCc2nc(-c3ccc(C(F)(F)F)cc3)no2)c(OC(F)F)c1. The van der Waals surface area contributed by atoms with Crippen LogP contribution < -0.4 is 14.8 Å². The Morgan fingerprint density at radius 1 is 0.935 bits per heavy atom. The van der Waals surface area contributed by atoms with Crippen molar-refractivity contribution in [3.63, 3.8) is 0 Å². The number of alkyl halides is 7. The van der Waals surface area contributed by atoms with Crippen molar-refractivity contribution in [3.8, 4) is 22.9 Å². The number of aromatic nitrogens is 2. The number of nitrogens with one attached hydrogen (secondary N) is 1. The van der Waals surface area contributed by atoms with E-state index in [1.165, 1.54) is 18.2 Å². The standard InChI is InChI=1S/C18H12F7N3O3/c19-16(20)29-11-5-6-12(13(7-11)30-17(21)22)26-8-14-27-15(28-31-14)9-1-3-10(4-2-9)18(23,24)25/h1-7,16-17,26H,8H2. The summed E-state index contributed by atoms with van der Waals surface area (Å²) in [5.74, 6) is -0.865. The molecular formula is C18H12F7N3O3. The molecule has 3 rings (SSSR count). The predicted octanol–water partition coefficient (Wildman–Crippen LogP) is 5.57. The maximum atomic E-state index is 12.6. The van der Waals surface area contributed by atoms with Crippen molar-refractivity contribution in [1.82, 2.24) is 10.1 Å². The van der Waals surface area contributed by atoms with E-state index in [1.807, 2.05) is 0 Å². The van der Waals surface area contributed by atoms with Crippen molar-refractivity contribution in [2.24, 2.45) is 0 Å². The third-order valence-corrected chi connectivity index (χ3v) is 3.76. The summed E-state index contributed by atoms with van der Waals surface area (Å²) in [5, 5.41) is 6.31. The van der Waals surface area contributed by atoms with Crippen molar-refractivity contribution in [3.05, 3.63) is 53.9 Å². The Hall–Kier alpha value is -3.51. The number of rotatable bonds is 8. The summed E-state index contributed by atoms with van der Waals surface area (Å²) in [6, 6.07) is 7.18. The van der Waals surface area contributed by atoms with E-state index in [1.54, 1.807) is 0 Å². The molecule has 0 amide bonds. The highest BCUT2D eigenvalue weighted by Gasteiger charge is 2.30. The van der Waals surface area contributed by atoms with Crippen molar-refractivity contribution in [2.75, 3.05) is 5.32 Å². The maximum absolute atomic E-state index is 12.6. The van der Waals surface area contributed by atoms with Crippen LogP contribution in [-0.4, -0.2) is 23.4 Å². The second-order valence-electron chi connectivity index (χ2n) is 5.86. The lowest BCUT2D eigenvalue weighted by molar-refractivity contribution is -0.137. The molecule has 0 saturated heterocycles. The fourth-order valence-corrected chi connectivity index (χ4v) is 2.44. The summed E-state index contributed by atoms with van der Waals surface area (Å²) in [7, 11) is 0. The molecule has 166 valence electrons. The highest BCUT2D eigenvalue weighted by Crippen LogP contribution is 2.32. The van der Waals surface area contributed by atoms with Gasteiger partial charge in [-0.05, 0) is 24.3 Å². The van der Waals surface area contributed by atoms with Crippen LogP contribution in [0.5, 0.6) is 11.5 Å². The van der Waals surface area contributed by atoms with Crippen LogP contribution in [0.25, 0.3) is 11.4 Å². The third kappa shape index (κ3) is 5.99. The number of ether oxygens (including phenoxy) is 2. The Bertz CT molecular complexity index is 1010. The topological polar surface area (TPSA) is 69.4 Å². The van der Waals surface area contributed by atoms with E-state index in [0.29, 0.717) is 0 Å². The molecule has 0 aliphatic rings. The molecule has 0 bridgehead atoms. The Kier molecular flexibility index (Phi) is 6.51. The average molecular weight is 451 g/mol. The molecule has 6 nitrogen and oxygen atoms in total. The zero-order valence-corrected chi connectivity index (χ0v) is 15.2. The van der Waals surface area contributed by atoms with Crippen LogP contribution in [0.15, 0.2) is 47.0 Å². The number of hydrogen-bond acceptors (Lipinski definition) is 6. The second-order valence-corrected chi connectivity index (χ2v) is 5.86. The number of hydrogen-bond donors (Lipinski definition) is 1. The molecular weight excluding hydrogens is 439 g/mol. The van der Waals surface area contributed by atoms with E-state index in [9.17, 15) is 30.7 Å². The lowest BCUT2D eigenvalue weighted by Crippen LogP contribution is -2.08. The van der Waals surface area contributed by atoms with Crippen LogP contribution >= 0.6 is 0 Å². The summed E-state index contributed by atoms with van der Waals surface area (Å²) in [6.45, 7) is -6.56. The minimum Gasteiger partial charge on any atom is -0.435 e. The molecule has 1 N–H and O–H groups in total. The highest BCUT2D eigenvalue weighted by molar-refractivity contribution is 5.59. The van der Waals surface area contributed by atoms with Gasteiger partial charge in [-0.25, -0.2) is 0 Å². The van der Waals surface area contributed by atoms with Crippen molar-refractivity contribution < 1.29 is 44.7 Å². The van der Waals surface area contributed by atoms with Crippen molar-refractivity contribution in [1.29, 1.82) is 0 Å². The van der Waals surface area contributed by atoms with Crippen LogP contribution in [0.2, 0.25) is 0 Å². The first-order chi connectivity index (χ1) is 14.6. The van der Waals surface area contributed by atoms with Gasteiger partial charge in [0.1, 0.15) is 5.75 Å². The smallest absolute Gasteiger partial charge is 0.416 e. The summed E-state index contributed by atoms with van der Waals surface area (Å²) in [4.78, 5) is 4.00. The Morgan fingerprint density at radius 2 is 1.61 bits per heavy atom. The van der Waals surface area contributed by atoms with E-state index in [-0.39, 0.29) is 29.5 Å². The maximum Gasteiger partial charge on any atom is 0.416 e. The zero-order valence-electron chi connectivity index (χ0n) is 15.2. The quantitative estimate of drug-likeness (QED) is 0.452. The van der Waals surface area contributed by atoms with Crippen LogP contribution in [0.4, 0.5) is 36.4 Å². The molecule has 1 heterocycles. The lowest BCUT2D eigenvalue weighted by Gasteiger charge is -2.13. The van der Waals surface area contributed by atoms with Gasteiger partial charge < -0.3 is 19.3 Å². The Balaban J connectivity index is 1.71. The Morgan fingerprint density at radius 3 is 2.23 bits per heavy atom. The monoisotopic (exact) mass is 451 g/mol. The van der Waals surface area contributed by atoms with Crippen LogP contribution in [-0.2, 0) is 12.7 Å². The number of halogens is 7. The van der Waals surface area contributed by atoms with Crippen LogP contribution in [0, 0.1) is 0 Å². The van der Waals surface area contributed by atoms with E-state index in [4.69, 9.17) is 4.52 Å². The Labute approximate surface area is 169 Å². The molecule has 0 aliphatic carbocycles. The molecule has 0 unspecified atom stereocenters. The average Bonchev–Trinajstić information content (AvgIpc) is 3.15. The predicted molar refractivity (Wildman–Crippen MR) is 91.8 cm³/mol. The van der Waals surface area contributed by atoms with Gasteiger partial charge in [-0.1, -0.05) is 17.3 Å². The summed E-state index contributed by atoms with van der Waals surface area (Å²) in [5.41, 5.74) is -0.582. The van der Waals surface area contributed by atoms with E-state index in [2.05, 4.69) is 24.9 Å².